The van der Waals surface area contributed by atoms with Crippen molar-refractivity contribution in [3.05, 3.63) is 19.1 Å². The van der Waals surface area contributed by atoms with Crippen molar-refractivity contribution in [3.63, 3.8) is 0 Å². The standard InChI is InChI=1S/C10H17N2O/c1-2-5-10(13)11-6-9-12-7-3-4-8-12/h2,5H,1,3-4,6-9H2,(H,11,13). The predicted molar refractivity (Wildman–Crippen MR) is 53.2 cm³/mol. The van der Waals surface area contributed by atoms with Crippen molar-refractivity contribution in [1.29, 1.82) is 0 Å². The lowest BCUT2D eigenvalue weighted by Crippen LogP contribution is -2.32. The minimum Gasteiger partial charge on any atom is -0.351 e. The van der Waals surface area contributed by atoms with Gasteiger partial charge in [0.05, 0.1) is 0 Å². The normalized spacial score (nSPS) is 18.2. The quantitative estimate of drug-likeness (QED) is 0.644. The van der Waals surface area contributed by atoms with E-state index in [1.165, 1.54) is 38.1 Å². The molecule has 1 aliphatic heterocycles. The van der Waals surface area contributed by atoms with E-state index in [1.54, 1.807) is 0 Å². The van der Waals surface area contributed by atoms with E-state index in [9.17, 15) is 4.79 Å². The summed E-state index contributed by atoms with van der Waals surface area (Å²) in [4.78, 5) is 13.3. The minimum atomic E-state index is -0.0470. The van der Waals surface area contributed by atoms with E-state index in [0.29, 0.717) is 0 Å². The van der Waals surface area contributed by atoms with E-state index in [0.717, 1.165) is 13.1 Å². The second-order valence-electron chi connectivity index (χ2n) is 3.24. The topological polar surface area (TPSA) is 32.3 Å². The van der Waals surface area contributed by atoms with Crippen molar-refractivity contribution >= 4 is 5.91 Å². The second kappa shape index (κ2) is 5.75. The Morgan fingerprint density at radius 2 is 2.15 bits per heavy atom. The Hall–Kier alpha value is -0.830. The summed E-state index contributed by atoms with van der Waals surface area (Å²) < 4.78 is 0. The Balaban J connectivity index is 2.02. The molecule has 1 N–H and O–H groups in total. The molecule has 0 spiro atoms. The van der Waals surface area contributed by atoms with Crippen LogP contribution in [-0.2, 0) is 4.79 Å². The molecule has 13 heavy (non-hydrogen) atoms. The van der Waals surface area contributed by atoms with Crippen LogP contribution in [-0.4, -0.2) is 37.0 Å². The number of hydrogen-bond donors (Lipinski definition) is 1. The van der Waals surface area contributed by atoms with Gasteiger partial charge in [-0.05, 0) is 38.9 Å². The highest BCUT2D eigenvalue weighted by atomic mass is 16.1. The fraction of sp³-hybridized carbons (Fsp3) is 0.600. The van der Waals surface area contributed by atoms with Crippen molar-refractivity contribution in [2.75, 3.05) is 26.2 Å². The van der Waals surface area contributed by atoms with E-state index in [2.05, 4.69) is 17.1 Å². The molecule has 73 valence electrons. The molecule has 0 atom stereocenters. The van der Waals surface area contributed by atoms with Gasteiger partial charge in [-0.25, -0.2) is 0 Å². The first-order valence-corrected chi connectivity index (χ1v) is 4.79. The molecule has 1 heterocycles. The first kappa shape index (κ1) is 10.3. The molecule has 1 radical (unpaired) electrons. The molecule has 1 rings (SSSR count). The van der Waals surface area contributed by atoms with Crippen molar-refractivity contribution in [2.24, 2.45) is 0 Å². The lowest BCUT2D eigenvalue weighted by atomic mass is 10.4. The first-order chi connectivity index (χ1) is 6.33. The van der Waals surface area contributed by atoms with Crippen molar-refractivity contribution < 1.29 is 4.79 Å². The van der Waals surface area contributed by atoms with Crippen LogP contribution in [0.3, 0.4) is 0 Å². The summed E-state index contributed by atoms with van der Waals surface area (Å²) in [5.74, 6) is -0.0470. The van der Waals surface area contributed by atoms with Gasteiger partial charge in [0.15, 0.2) is 0 Å². The molecule has 0 aliphatic carbocycles. The Kier molecular flexibility index (Phi) is 4.54. The van der Waals surface area contributed by atoms with Gasteiger partial charge in [0.25, 0.3) is 0 Å². The summed E-state index contributed by atoms with van der Waals surface area (Å²) in [6.07, 6.45) is 5.55. The summed E-state index contributed by atoms with van der Waals surface area (Å²) in [7, 11) is 0. The summed E-state index contributed by atoms with van der Waals surface area (Å²) in [6, 6.07) is 0. The molecule has 0 aromatic heterocycles. The van der Waals surface area contributed by atoms with Gasteiger partial charge in [0.1, 0.15) is 0 Å². The van der Waals surface area contributed by atoms with Crippen LogP contribution in [0, 0.1) is 6.92 Å². The number of amides is 1. The van der Waals surface area contributed by atoms with Gasteiger partial charge in [0.2, 0.25) is 5.91 Å². The van der Waals surface area contributed by atoms with Crippen LogP contribution in [0.25, 0.3) is 0 Å². The number of hydrogen-bond acceptors (Lipinski definition) is 2. The average Bonchev–Trinajstić information content (AvgIpc) is 2.57. The monoisotopic (exact) mass is 181 g/mol. The third kappa shape index (κ3) is 4.08. The van der Waals surface area contributed by atoms with Crippen LogP contribution in [0.15, 0.2) is 12.2 Å². The highest BCUT2D eigenvalue weighted by molar-refractivity contribution is 5.87. The minimum absolute atomic E-state index is 0.0470. The molecule has 0 saturated carbocycles. The van der Waals surface area contributed by atoms with Crippen LogP contribution < -0.4 is 5.32 Å². The molecule has 0 unspecified atom stereocenters. The first-order valence-electron chi connectivity index (χ1n) is 4.79. The third-order valence-corrected chi connectivity index (χ3v) is 2.20. The summed E-state index contributed by atoms with van der Waals surface area (Å²) in [5.41, 5.74) is 0. The lowest BCUT2D eigenvalue weighted by Gasteiger charge is -2.13. The molecular weight excluding hydrogens is 164 g/mol. The van der Waals surface area contributed by atoms with Crippen LogP contribution in [0.5, 0.6) is 0 Å². The molecule has 1 amide bonds. The SMILES string of the molecule is [CH2]C=CC(=O)NCCN1CCCC1. The predicted octanol–water partition coefficient (Wildman–Crippen LogP) is 0.589. The van der Waals surface area contributed by atoms with E-state index in [1.807, 2.05) is 0 Å². The Labute approximate surface area is 79.8 Å². The zero-order valence-corrected chi connectivity index (χ0v) is 7.96. The number of nitrogens with zero attached hydrogens (tertiary/aromatic N) is 1. The Morgan fingerprint density at radius 3 is 2.77 bits per heavy atom. The molecule has 1 saturated heterocycles. The number of nitrogens with one attached hydrogen (secondary N) is 1. The maximum Gasteiger partial charge on any atom is 0.243 e. The van der Waals surface area contributed by atoms with Gasteiger partial charge in [-0.1, -0.05) is 6.08 Å². The molecule has 0 aromatic carbocycles. The zero-order valence-electron chi connectivity index (χ0n) is 7.96. The number of carbonyl (C=O) groups is 1. The maximum atomic E-state index is 11.0. The number of likely N-dealkylation sites (tertiary alicyclic amines) is 1. The number of allylic oxidation sites excluding steroid dienone is 1. The summed E-state index contributed by atoms with van der Waals surface area (Å²) in [5, 5.41) is 2.80. The van der Waals surface area contributed by atoms with E-state index < -0.39 is 0 Å². The number of rotatable bonds is 4. The van der Waals surface area contributed by atoms with Crippen molar-refractivity contribution in [3.8, 4) is 0 Å². The van der Waals surface area contributed by atoms with Gasteiger partial charge in [-0.2, -0.15) is 0 Å². The third-order valence-electron chi connectivity index (χ3n) is 2.20. The van der Waals surface area contributed by atoms with Crippen LogP contribution in [0.1, 0.15) is 12.8 Å². The van der Waals surface area contributed by atoms with Crippen LogP contribution >= 0.6 is 0 Å². The second-order valence-corrected chi connectivity index (χ2v) is 3.24. The van der Waals surface area contributed by atoms with Crippen LogP contribution in [0.4, 0.5) is 0 Å². The molecule has 1 aliphatic rings. The fourth-order valence-electron chi connectivity index (χ4n) is 1.51. The molecule has 3 heteroatoms. The summed E-state index contributed by atoms with van der Waals surface area (Å²) >= 11 is 0. The molecule has 3 nitrogen and oxygen atoms in total. The Morgan fingerprint density at radius 1 is 1.46 bits per heavy atom. The van der Waals surface area contributed by atoms with Crippen LogP contribution in [0.2, 0.25) is 0 Å². The molecule has 0 aromatic rings. The van der Waals surface area contributed by atoms with Crippen molar-refractivity contribution in [1.82, 2.24) is 10.2 Å². The largest absolute Gasteiger partial charge is 0.351 e. The van der Waals surface area contributed by atoms with Gasteiger partial charge in [0, 0.05) is 13.1 Å². The molecule has 0 bridgehead atoms. The zero-order chi connectivity index (χ0) is 9.52. The van der Waals surface area contributed by atoms with Gasteiger partial charge >= 0.3 is 0 Å². The summed E-state index contributed by atoms with van der Waals surface area (Å²) in [6.45, 7) is 7.53. The molecular formula is C10H17N2O. The van der Waals surface area contributed by atoms with E-state index in [4.69, 9.17) is 0 Å². The maximum absolute atomic E-state index is 11.0. The molecule has 1 fully saturated rings. The highest BCUT2D eigenvalue weighted by Gasteiger charge is 2.10. The smallest absolute Gasteiger partial charge is 0.243 e. The number of carbonyl (C=O) groups excluding carboxylic acids is 1. The lowest BCUT2D eigenvalue weighted by molar-refractivity contribution is -0.116. The van der Waals surface area contributed by atoms with Gasteiger partial charge < -0.3 is 10.2 Å². The van der Waals surface area contributed by atoms with E-state index >= 15 is 0 Å². The van der Waals surface area contributed by atoms with Gasteiger partial charge in [-0.15, -0.1) is 0 Å². The average molecular weight is 181 g/mol. The van der Waals surface area contributed by atoms with Crippen molar-refractivity contribution in [2.45, 2.75) is 12.8 Å². The van der Waals surface area contributed by atoms with E-state index in [-0.39, 0.29) is 5.91 Å². The Bertz CT molecular complexity index is 183. The fourth-order valence-corrected chi connectivity index (χ4v) is 1.51. The van der Waals surface area contributed by atoms with Gasteiger partial charge in [-0.3, -0.25) is 4.79 Å². The highest BCUT2D eigenvalue weighted by Crippen LogP contribution is 2.05.